The van der Waals surface area contributed by atoms with Crippen LogP contribution < -0.4 is 16.0 Å². The van der Waals surface area contributed by atoms with Crippen LogP contribution in [-0.2, 0) is 14.3 Å². The number of rotatable bonds is 7. The molecule has 0 radical (unpaired) electrons. The van der Waals surface area contributed by atoms with Gasteiger partial charge in [-0.25, -0.2) is 14.2 Å². The van der Waals surface area contributed by atoms with Crippen LogP contribution in [0.25, 0.3) is 11.3 Å². The zero-order valence-corrected chi connectivity index (χ0v) is 18.0. The van der Waals surface area contributed by atoms with Crippen LogP contribution >= 0.6 is 11.3 Å². The van der Waals surface area contributed by atoms with Gasteiger partial charge in [0.1, 0.15) is 28.8 Å². The fourth-order valence-corrected chi connectivity index (χ4v) is 4.33. The number of esters is 1. The second kappa shape index (κ2) is 9.73. The SMILES string of the molecule is COC(=O)CNC(=O)C1CCN(c2nc(-c3ccc(C(=N)N)cc3F)c(C(=O)O)s2)CC1. The quantitative estimate of drug-likeness (QED) is 0.273. The van der Waals surface area contributed by atoms with Gasteiger partial charge in [0.15, 0.2) is 5.13 Å². The highest BCUT2D eigenvalue weighted by molar-refractivity contribution is 7.17. The number of ether oxygens (including phenoxy) is 1. The fraction of sp³-hybridized carbons (Fsp3) is 0.350. The number of aromatic nitrogens is 1. The molecule has 0 spiro atoms. The Morgan fingerprint density at radius 2 is 2.06 bits per heavy atom. The fourth-order valence-electron chi connectivity index (χ4n) is 3.36. The summed E-state index contributed by atoms with van der Waals surface area (Å²) in [5.41, 5.74) is 5.57. The zero-order chi connectivity index (χ0) is 23.4. The third-order valence-corrected chi connectivity index (χ3v) is 6.22. The van der Waals surface area contributed by atoms with Gasteiger partial charge >= 0.3 is 11.9 Å². The Kier molecular flexibility index (Phi) is 7.03. The largest absolute Gasteiger partial charge is 0.477 e. The number of thiazole rings is 1. The lowest BCUT2D eigenvalue weighted by Crippen LogP contribution is -2.42. The van der Waals surface area contributed by atoms with E-state index in [4.69, 9.17) is 11.1 Å². The van der Waals surface area contributed by atoms with Crippen molar-refractivity contribution in [2.75, 3.05) is 31.6 Å². The standard InChI is InChI=1S/C20H22FN5O5S/c1-31-14(27)9-24-18(28)10-4-6-26(7-5-10)20-25-15(16(32-20)19(29)30)12-3-2-11(17(22)23)8-13(12)21/h2-3,8,10H,4-7,9H2,1H3,(H3,22,23)(H,24,28)(H,29,30). The van der Waals surface area contributed by atoms with Crippen LogP contribution in [0.4, 0.5) is 9.52 Å². The molecule has 0 aliphatic carbocycles. The molecule has 1 aromatic carbocycles. The number of hydrogen-bond acceptors (Lipinski definition) is 8. The first-order valence-corrected chi connectivity index (χ1v) is 10.5. The van der Waals surface area contributed by atoms with E-state index >= 15 is 0 Å². The summed E-state index contributed by atoms with van der Waals surface area (Å²) in [6.45, 7) is 0.712. The Balaban J connectivity index is 1.75. The Bertz CT molecular complexity index is 1060. The van der Waals surface area contributed by atoms with Crippen LogP contribution in [-0.4, -0.2) is 60.5 Å². The number of carboxylic acid groups (broad SMARTS) is 1. The number of aromatic carboxylic acids is 1. The monoisotopic (exact) mass is 463 g/mol. The number of carbonyl (C=O) groups excluding carboxylic acids is 2. The molecule has 0 atom stereocenters. The van der Waals surface area contributed by atoms with Gasteiger partial charge in [0.25, 0.3) is 0 Å². The summed E-state index contributed by atoms with van der Waals surface area (Å²) in [6, 6.07) is 3.86. The van der Waals surface area contributed by atoms with Gasteiger partial charge in [-0.3, -0.25) is 15.0 Å². The zero-order valence-electron chi connectivity index (χ0n) is 17.2. The summed E-state index contributed by atoms with van der Waals surface area (Å²) in [4.78, 5) is 41.3. The molecular formula is C20H22FN5O5S. The van der Waals surface area contributed by atoms with E-state index in [1.165, 1.54) is 19.2 Å². The summed E-state index contributed by atoms with van der Waals surface area (Å²) in [6.07, 6.45) is 0.984. The topological polar surface area (TPSA) is 159 Å². The summed E-state index contributed by atoms with van der Waals surface area (Å²) in [5.74, 6) is -3.31. The Labute approximate surface area is 186 Å². The van der Waals surface area contributed by atoms with E-state index in [9.17, 15) is 23.9 Å². The number of methoxy groups -OCH3 is 1. The number of nitrogen functional groups attached to an aromatic ring is 1. The van der Waals surface area contributed by atoms with Gasteiger partial charge in [-0.1, -0.05) is 17.4 Å². The molecule has 1 aliphatic heterocycles. The molecule has 1 aliphatic rings. The molecule has 0 bridgehead atoms. The number of nitrogens with two attached hydrogens (primary N) is 1. The number of nitrogens with zero attached hydrogens (tertiary/aromatic N) is 2. The summed E-state index contributed by atoms with van der Waals surface area (Å²) < 4.78 is 19.1. The summed E-state index contributed by atoms with van der Waals surface area (Å²) in [7, 11) is 1.24. The lowest BCUT2D eigenvalue weighted by atomic mass is 9.96. The highest BCUT2D eigenvalue weighted by Gasteiger charge is 2.29. The average molecular weight is 463 g/mol. The molecule has 0 unspecified atom stereocenters. The van der Waals surface area contributed by atoms with E-state index in [1.54, 1.807) is 0 Å². The number of benzene rings is 1. The van der Waals surface area contributed by atoms with Crippen molar-refractivity contribution in [2.45, 2.75) is 12.8 Å². The molecule has 12 heteroatoms. The van der Waals surface area contributed by atoms with Crippen molar-refractivity contribution in [3.8, 4) is 11.3 Å². The maximum Gasteiger partial charge on any atom is 0.348 e. The number of amidine groups is 1. The molecule has 1 fully saturated rings. The lowest BCUT2D eigenvalue weighted by Gasteiger charge is -2.30. The first kappa shape index (κ1) is 23.1. The minimum Gasteiger partial charge on any atom is -0.477 e. The Morgan fingerprint density at radius 1 is 1.38 bits per heavy atom. The van der Waals surface area contributed by atoms with Crippen molar-refractivity contribution in [1.82, 2.24) is 10.3 Å². The van der Waals surface area contributed by atoms with Gasteiger partial charge < -0.3 is 25.8 Å². The molecule has 0 saturated carbocycles. The van der Waals surface area contributed by atoms with Gasteiger partial charge in [0.2, 0.25) is 5.91 Å². The normalized spacial score (nSPS) is 14.1. The molecule has 2 aromatic rings. The number of anilines is 1. The van der Waals surface area contributed by atoms with Crippen LogP contribution in [0.2, 0.25) is 0 Å². The highest BCUT2D eigenvalue weighted by Crippen LogP contribution is 2.36. The predicted octanol–water partition coefficient (Wildman–Crippen LogP) is 1.44. The van der Waals surface area contributed by atoms with Gasteiger partial charge in [-0.2, -0.15) is 0 Å². The predicted molar refractivity (Wildman–Crippen MR) is 115 cm³/mol. The number of amides is 1. The third-order valence-electron chi connectivity index (χ3n) is 5.12. The van der Waals surface area contributed by atoms with E-state index in [0.29, 0.717) is 31.1 Å². The number of carboxylic acids is 1. The van der Waals surface area contributed by atoms with Crippen molar-refractivity contribution in [2.24, 2.45) is 11.7 Å². The van der Waals surface area contributed by atoms with Crippen LogP contribution in [0.1, 0.15) is 28.1 Å². The highest BCUT2D eigenvalue weighted by atomic mass is 32.1. The second-order valence-corrected chi connectivity index (χ2v) is 8.12. The number of hydrogen-bond donors (Lipinski definition) is 4. The molecular weight excluding hydrogens is 441 g/mol. The molecule has 1 aromatic heterocycles. The smallest absolute Gasteiger partial charge is 0.348 e. The van der Waals surface area contributed by atoms with E-state index in [2.05, 4.69) is 15.0 Å². The van der Waals surface area contributed by atoms with Gasteiger partial charge in [-0.05, 0) is 25.0 Å². The number of halogens is 1. The number of nitrogens with one attached hydrogen (secondary N) is 2. The molecule has 170 valence electrons. The second-order valence-electron chi connectivity index (χ2n) is 7.14. The molecule has 1 saturated heterocycles. The summed E-state index contributed by atoms with van der Waals surface area (Å²) in [5, 5.41) is 20.0. The Hall–Kier alpha value is -3.54. The minimum absolute atomic E-state index is 0.00282. The van der Waals surface area contributed by atoms with Gasteiger partial charge in [-0.15, -0.1) is 0 Å². The van der Waals surface area contributed by atoms with Crippen molar-refractivity contribution >= 4 is 40.1 Å². The lowest BCUT2D eigenvalue weighted by molar-refractivity contribution is -0.141. The molecule has 32 heavy (non-hydrogen) atoms. The minimum atomic E-state index is -1.23. The molecule has 2 heterocycles. The van der Waals surface area contributed by atoms with Crippen LogP contribution in [0, 0.1) is 17.1 Å². The number of piperidine rings is 1. The molecule has 5 N–H and O–H groups in total. The molecule has 3 rings (SSSR count). The van der Waals surface area contributed by atoms with Gasteiger partial charge in [0, 0.05) is 30.1 Å². The maximum absolute atomic E-state index is 14.6. The third kappa shape index (κ3) is 5.02. The number of carbonyl (C=O) groups is 3. The first-order chi connectivity index (χ1) is 15.2. The molecule has 10 nitrogen and oxygen atoms in total. The van der Waals surface area contributed by atoms with Crippen molar-refractivity contribution in [3.63, 3.8) is 0 Å². The van der Waals surface area contributed by atoms with Crippen LogP contribution in [0.3, 0.4) is 0 Å². The van der Waals surface area contributed by atoms with Crippen molar-refractivity contribution in [1.29, 1.82) is 5.41 Å². The van der Waals surface area contributed by atoms with E-state index in [0.717, 1.165) is 17.4 Å². The van der Waals surface area contributed by atoms with Crippen molar-refractivity contribution < 1.29 is 28.6 Å². The van der Waals surface area contributed by atoms with Crippen molar-refractivity contribution in [3.05, 3.63) is 34.5 Å². The summed E-state index contributed by atoms with van der Waals surface area (Å²) >= 11 is 0.935. The Morgan fingerprint density at radius 3 is 2.62 bits per heavy atom. The van der Waals surface area contributed by atoms with E-state index in [-0.39, 0.29) is 45.9 Å². The average Bonchev–Trinajstić information content (AvgIpc) is 3.22. The molecule has 1 amide bonds. The maximum atomic E-state index is 14.6. The van der Waals surface area contributed by atoms with E-state index < -0.39 is 17.8 Å². The van der Waals surface area contributed by atoms with Crippen LogP contribution in [0.5, 0.6) is 0 Å². The van der Waals surface area contributed by atoms with Gasteiger partial charge in [0.05, 0.1) is 7.11 Å². The van der Waals surface area contributed by atoms with E-state index in [1.807, 2.05) is 4.90 Å². The van der Waals surface area contributed by atoms with Crippen LogP contribution in [0.15, 0.2) is 18.2 Å². The first-order valence-electron chi connectivity index (χ1n) is 9.69.